The predicted molar refractivity (Wildman–Crippen MR) is 135 cm³/mol. The quantitative estimate of drug-likeness (QED) is 0.230. The van der Waals surface area contributed by atoms with Gasteiger partial charge in [-0.1, -0.05) is 58.5 Å². The van der Waals surface area contributed by atoms with Crippen LogP contribution in [-0.2, 0) is 16.1 Å². The lowest BCUT2D eigenvalue weighted by Gasteiger charge is -2.14. The number of esters is 1. The van der Waals surface area contributed by atoms with Crippen LogP contribution in [0.4, 0.5) is 0 Å². The second kappa shape index (κ2) is 10.7. The fraction of sp³-hybridized carbons (Fsp3) is 0.120. The second-order valence-corrected chi connectivity index (χ2v) is 8.80. The van der Waals surface area contributed by atoms with Crippen molar-refractivity contribution in [3.8, 4) is 11.5 Å². The summed E-state index contributed by atoms with van der Waals surface area (Å²) in [5, 5.41) is 1.65. The molecule has 1 heterocycles. The molecule has 0 aliphatic carbocycles. The van der Waals surface area contributed by atoms with Gasteiger partial charge >= 0.3 is 5.97 Å². The van der Waals surface area contributed by atoms with Crippen LogP contribution in [0.25, 0.3) is 6.08 Å². The Morgan fingerprint density at radius 2 is 1.76 bits per heavy atom. The summed E-state index contributed by atoms with van der Waals surface area (Å²) >= 11 is 24.6. The van der Waals surface area contributed by atoms with E-state index in [0.29, 0.717) is 49.3 Å². The van der Waals surface area contributed by atoms with Gasteiger partial charge in [-0.25, -0.2) is 9.79 Å². The number of carbonyl (C=O) groups is 1. The van der Waals surface area contributed by atoms with Gasteiger partial charge in [0.2, 0.25) is 5.90 Å². The molecule has 34 heavy (non-hydrogen) atoms. The molecule has 1 aliphatic rings. The summed E-state index contributed by atoms with van der Waals surface area (Å²) in [5.74, 6) is 0.354. The Morgan fingerprint density at radius 3 is 2.50 bits per heavy atom. The Labute approximate surface area is 216 Å². The molecule has 4 rings (SSSR count). The number of carbonyl (C=O) groups excluding carboxylic acids is 1. The van der Waals surface area contributed by atoms with Crippen molar-refractivity contribution in [1.29, 1.82) is 0 Å². The molecule has 3 aromatic carbocycles. The molecule has 3 aromatic rings. The van der Waals surface area contributed by atoms with E-state index in [2.05, 4.69) is 4.99 Å². The zero-order chi connectivity index (χ0) is 24.2. The summed E-state index contributed by atoms with van der Waals surface area (Å²) in [7, 11) is 0. The minimum absolute atomic E-state index is 0.104. The Morgan fingerprint density at radius 1 is 0.941 bits per heavy atom. The molecule has 0 radical (unpaired) electrons. The molecule has 0 saturated carbocycles. The largest absolute Gasteiger partial charge is 0.490 e. The minimum Gasteiger partial charge on any atom is -0.490 e. The molecule has 1 aliphatic heterocycles. The van der Waals surface area contributed by atoms with E-state index in [9.17, 15) is 4.79 Å². The summed E-state index contributed by atoms with van der Waals surface area (Å²) in [5.41, 5.74) is 2.11. The number of aliphatic imine (C=N–C) groups is 1. The van der Waals surface area contributed by atoms with Crippen molar-refractivity contribution in [2.45, 2.75) is 13.5 Å². The first kappa shape index (κ1) is 24.4. The maximum Gasteiger partial charge on any atom is 0.363 e. The first-order chi connectivity index (χ1) is 16.3. The van der Waals surface area contributed by atoms with E-state index in [0.717, 1.165) is 5.56 Å². The number of hydrogen-bond acceptors (Lipinski definition) is 5. The number of nitrogens with zero attached hydrogens (tertiary/aromatic N) is 1. The first-order valence-corrected chi connectivity index (χ1v) is 11.7. The summed E-state index contributed by atoms with van der Waals surface area (Å²) in [6, 6.07) is 15.6. The van der Waals surface area contributed by atoms with Crippen LogP contribution in [0.15, 0.2) is 65.3 Å². The van der Waals surface area contributed by atoms with Gasteiger partial charge in [0.15, 0.2) is 17.2 Å². The number of cyclic esters (lactones) is 1. The van der Waals surface area contributed by atoms with Crippen molar-refractivity contribution < 1.29 is 19.0 Å². The smallest absolute Gasteiger partial charge is 0.363 e. The Bertz CT molecular complexity index is 1320. The molecule has 0 atom stereocenters. The topological polar surface area (TPSA) is 57.1 Å². The van der Waals surface area contributed by atoms with E-state index in [1.807, 2.05) is 25.1 Å². The third-order valence-electron chi connectivity index (χ3n) is 4.69. The number of rotatable bonds is 7. The maximum atomic E-state index is 12.4. The Hall–Kier alpha value is -2.70. The molecule has 0 spiro atoms. The normalized spacial score (nSPS) is 14.2. The third-order valence-corrected chi connectivity index (χ3v) is 5.95. The summed E-state index contributed by atoms with van der Waals surface area (Å²) in [4.78, 5) is 16.7. The fourth-order valence-electron chi connectivity index (χ4n) is 3.18. The maximum absolute atomic E-state index is 12.4. The molecule has 0 fully saturated rings. The van der Waals surface area contributed by atoms with E-state index < -0.39 is 5.97 Å². The van der Waals surface area contributed by atoms with Gasteiger partial charge in [0.05, 0.1) is 21.7 Å². The monoisotopic (exact) mass is 535 g/mol. The molecule has 0 aromatic heterocycles. The third kappa shape index (κ3) is 5.68. The molecule has 9 heteroatoms. The van der Waals surface area contributed by atoms with Crippen LogP contribution in [-0.4, -0.2) is 18.5 Å². The van der Waals surface area contributed by atoms with Gasteiger partial charge in [0.25, 0.3) is 0 Å². The van der Waals surface area contributed by atoms with Crippen molar-refractivity contribution in [3.63, 3.8) is 0 Å². The minimum atomic E-state index is -0.601. The molecule has 5 nitrogen and oxygen atoms in total. The molecule has 0 amide bonds. The second-order valence-electron chi connectivity index (χ2n) is 7.15. The van der Waals surface area contributed by atoms with Gasteiger partial charge in [-0.15, -0.1) is 0 Å². The van der Waals surface area contributed by atoms with Crippen LogP contribution in [0.3, 0.4) is 0 Å². The molecular formula is C25H17Cl4NO4. The highest BCUT2D eigenvalue weighted by atomic mass is 35.5. The number of ether oxygens (including phenoxy) is 3. The molecule has 0 saturated heterocycles. The lowest BCUT2D eigenvalue weighted by atomic mass is 10.1. The predicted octanol–water partition coefficient (Wildman–Crippen LogP) is 7.62. The zero-order valence-corrected chi connectivity index (χ0v) is 20.8. The zero-order valence-electron chi connectivity index (χ0n) is 17.8. The molecule has 0 N–H and O–H groups in total. The molecule has 0 unspecified atom stereocenters. The highest BCUT2D eigenvalue weighted by Gasteiger charge is 2.25. The summed E-state index contributed by atoms with van der Waals surface area (Å²) < 4.78 is 17.0. The van der Waals surface area contributed by atoms with Gasteiger partial charge in [0.1, 0.15) is 6.61 Å². The van der Waals surface area contributed by atoms with Gasteiger partial charge in [-0.05, 0) is 66.6 Å². The highest BCUT2D eigenvalue weighted by molar-refractivity contribution is 6.42. The van der Waals surface area contributed by atoms with Crippen LogP contribution in [0.2, 0.25) is 20.1 Å². The average molecular weight is 537 g/mol. The standard InChI is InChI=1S/C25H17Cl4NO4/c1-2-32-22-11-15(9-20(29)23(22)33-13-14-4-3-5-17(26)8-14)10-21-25(31)34-24(30-21)16-6-7-18(27)19(28)12-16/h3-12H,2,13H2,1H3/b21-10-. The van der Waals surface area contributed by atoms with Crippen molar-refractivity contribution in [2.24, 2.45) is 4.99 Å². The molecule has 0 bridgehead atoms. The van der Waals surface area contributed by atoms with Crippen molar-refractivity contribution >= 4 is 64.3 Å². The van der Waals surface area contributed by atoms with Crippen molar-refractivity contribution in [3.05, 3.63) is 97.1 Å². The Kier molecular flexibility index (Phi) is 7.69. The van der Waals surface area contributed by atoms with Gasteiger partial charge in [-0.2, -0.15) is 0 Å². The molecular weight excluding hydrogens is 520 g/mol. The fourth-order valence-corrected chi connectivity index (χ4v) is 3.96. The lowest BCUT2D eigenvalue weighted by Crippen LogP contribution is -2.05. The van der Waals surface area contributed by atoms with E-state index in [1.165, 1.54) is 0 Å². The van der Waals surface area contributed by atoms with E-state index in [-0.39, 0.29) is 18.2 Å². The van der Waals surface area contributed by atoms with Crippen molar-refractivity contribution in [1.82, 2.24) is 0 Å². The summed E-state index contributed by atoms with van der Waals surface area (Å²) in [6.07, 6.45) is 1.56. The molecule has 174 valence electrons. The summed E-state index contributed by atoms with van der Waals surface area (Å²) in [6.45, 7) is 2.50. The SMILES string of the molecule is CCOc1cc(/C=C2\N=C(c3ccc(Cl)c(Cl)c3)OC2=O)cc(Cl)c1OCc1cccc(Cl)c1. The van der Waals surface area contributed by atoms with E-state index in [1.54, 1.807) is 42.5 Å². The first-order valence-electron chi connectivity index (χ1n) is 10.2. The number of halogens is 4. The van der Waals surface area contributed by atoms with Crippen LogP contribution < -0.4 is 9.47 Å². The number of hydrogen-bond donors (Lipinski definition) is 0. The van der Waals surface area contributed by atoms with Gasteiger partial charge in [0, 0.05) is 10.6 Å². The lowest BCUT2D eigenvalue weighted by molar-refractivity contribution is -0.129. The number of benzene rings is 3. The van der Waals surface area contributed by atoms with Crippen LogP contribution in [0, 0.1) is 0 Å². The van der Waals surface area contributed by atoms with Crippen LogP contribution in [0.5, 0.6) is 11.5 Å². The van der Waals surface area contributed by atoms with E-state index >= 15 is 0 Å². The Balaban J connectivity index is 1.61. The van der Waals surface area contributed by atoms with Crippen LogP contribution >= 0.6 is 46.4 Å². The van der Waals surface area contributed by atoms with Gasteiger partial charge < -0.3 is 14.2 Å². The van der Waals surface area contributed by atoms with E-state index in [4.69, 9.17) is 60.6 Å². The van der Waals surface area contributed by atoms with Crippen molar-refractivity contribution in [2.75, 3.05) is 6.61 Å². The average Bonchev–Trinajstić information content (AvgIpc) is 3.15. The highest BCUT2D eigenvalue weighted by Crippen LogP contribution is 2.38. The van der Waals surface area contributed by atoms with Crippen LogP contribution in [0.1, 0.15) is 23.6 Å². The van der Waals surface area contributed by atoms with Gasteiger partial charge in [-0.3, -0.25) is 0 Å².